The number of nitrogens with zero attached hydrogens (tertiary/aromatic N) is 2. The van der Waals surface area contributed by atoms with Gasteiger partial charge in [0.25, 0.3) is 0 Å². The Bertz CT molecular complexity index is 415. The molecule has 1 aliphatic rings. The summed E-state index contributed by atoms with van der Waals surface area (Å²) in [7, 11) is 0. The van der Waals surface area contributed by atoms with Crippen LogP contribution >= 0.6 is 0 Å². The van der Waals surface area contributed by atoms with Gasteiger partial charge < -0.3 is 15.5 Å². The molecule has 0 aromatic carbocycles. The molecule has 1 aromatic rings. The number of nitrogen functional groups attached to an aromatic ring is 1. The van der Waals surface area contributed by atoms with E-state index in [1.807, 2.05) is 13.8 Å². The first-order chi connectivity index (χ1) is 8.04. The number of hydrogen-bond acceptors (Lipinski definition) is 6. The molecule has 0 bridgehead atoms. The number of aromatic nitrogens is 2. The second-order valence-corrected chi connectivity index (χ2v) is 4.73. The van der Waals surface area contributed by atoms with Gasteiger partial charge in [0, 0.05) is 12.2 Å². The van der Waals surface area contributed by atoms with Gasteiger partial charge in [0.05, 0.1) is 12.1 Å². The highest BCUT2D eigenvalue weighted by atomic mass is 16.5. The minimum absolute atomic E-state index is 0.0581. The number of rotatable bonds is 3. The third kappa shape index (κ3) is 2.48. The summed E-state index contributed by atoms with van der Waals surface area (Å²) in [5.41, 5.74) is 3.46. The van der Waals surface area contributed by atoms with Crippen LogP contribution in [0.4, 0.5) is 11.6 Å². The second kappa shape index (κ2) is 4.46. The SMILES string of the molecule is Cc1nc(NN)c(C)c(NC2(C)CCOC2)n1. The Balaban J connectivity index is 2.28. The van der Waals surface area contributed by atoms with Crippen LogP contribution in [-0.4, -0.2) is 28.7 Å². The molecule has 1 saturated heterocycles. The van der Waals surface area contributed by atoms with E-state index in [0.29, 0.717) is 18.2 Å². The van der Waals surface area contributed by atoms with Crippen molar-refractivity contribution in [3.63, 3.8) is 0 Å². The molecule has 0 amide bonds. The summed E-state index contributed by atoms with van der Waals surface area (Å²) in [6.45, 7) is 7.40. The summed E-state index contributed by atoms with van der Waals surface area (Å²) in [5, 5.41) is 3.43. The first-order valence-corrected chi connectivity index (χ1v) is 5.72. The predicted molar refractivity (Wildman–Crippen MR) is 66.8 cm³/mol. The Morgan fingerprint density at radius 2 is 2.00 bits per heavy atom. The number of aryl methyl sites for hydroxylation is 1. The zero-order valence-corrected chi connectivity index (χ0v) is 10.5. The van der Waals surface area contributed by atoms with Crippen molar-refractivity contribution in [2.45, 2.75) is 32.7 Å². The Morgan fingerprint density at radius 3 is 2.59 bits per heavy atom. The fourth-order valence-corrected chi connectivity index (χ4v) is 1.94. The van der Waals surface area contributed by atoms with Gasteiger partial charge in [-0.05, 0) is 27.2 Å². The lowest BCUT2D eigenvalue weighted by Gasteiger charge is -2.25. The van der Waals surface area contributed by atoms with Gasteiger partial charge in [0.2, 0.25) is 0 Å². The van der Waals surface area contributed by atoms with E-state index in [1.54, 1.807) is 0 Å². The molecule has 1 fully saturated rings. The molecule has 94 valence electrons. The molecule has 0 aliphatic carbocycles. The summed E-state index contributed by atoms with van der Waals surface area (Å²) in [4.78, 5) is 8.65. The quantitative estimate of drug-likeness (QED) is 0.536. The van der Waals surface area contributed by atoms with Crippen LogP contribution < -0.4 is 16.6 Å². The Hall–Kier alpha value is -1.40. The maximum atomic E-state index is 5.44. The molecule has 6 heteroatoms. The molecular weight excluding hydrogens is 218 g/mol. The summed E-state index contributed by atoms with van der Waals surface area (Å²) < 4.78 is 5.41. The van der Waals surface area contributed by atoms with Crippen molar-refractivity contribution in [2.24, 2.45) is 5.84 Å². The largest absolute Gasteiger partial charge is 0.379 e. The lowest BCUT2D eigenvalue weighted by molar-refractivity contribution is 0.185. The summed E-state index contributed by atoms with van der Waals surface area (Å²) in [6.07, 6.45) is 0.973. The van der Waals surface area contributed by atoms with Gasteiger partial charge in [-0.3, -0.25) is 0 Å². The van der Waals surface area contributed by atoms with Gasteiger partial charge in [-0.25, -0.2) is 15.8 Å². The van der Waals surface area contributed by atoms with Crippen LogP contribution in [0.5, 0.6) is 0 Å². The van der Waals surface area contributed by atoms with Crippen molar-refractivity contribution in [1.82, 2.24) is 9.97 Å². The van der Waals surface area contributed by atoms with E-state index in [-0.39, 0.29) is 5.54 Å². The predicted octanol–water partition coefficient (Wildman–Crippen LogP) is 0.970. The summed E-state index contributed by atoms with van der Waals surface area (Å²) >= 11 is 0. The average molecular weight is 237 g/mol. The minimum Gasteiger partial charge on any atom is -0.379 e. The van der Waals surface area contributed by atoms with Crippen LogP contribution in [-0.2, 0) is 4.74 Å². The molecule has 4 N–H and O–H groups in total. The first kappa shape index (κ1) is 12.1. The average Bonchev–Trinajstić information content (AvgIpc) is 2.70. The molecule has 1 aliphatic heterocycles. The number of hydrogen-bond donors (Lipinski definition) is 3. The monoisotopic (exact) mass is 237 g/mol. The Kier molecular flexibility index (Phi) is 3.17. The lowest BCUT2D eigenvalue weighted by atomic mass is 10.0. The van der Waals surface area contributed by atoms with Gasteiger partial charge in [-0.1, -0.05) is 0 Å². The van der Waals surface area contributed by atoms with Gasteiger partial charge in [0.15, 0.2) is 0 Å². The van der Waals surface area contributed by atoms with Crippen molar-refractivity contribution in [3.05, 3.63) is 11.4 Å². The van der Waals surface area contributed by atoms with Crippen LogP contribution in [0.2, 0.25) is 0 Å². The zero-order chi connectivity index (χ0) is 12.5. The maximum absolute atomic E-state index is 5.44. The van der Waals surface area contributed by atoms with E-state index < -0.39 is 0 Å². The van der Waals surface area contributed by atoms with E-state index in [1.165, 1.54) is 0 Å². The highest BCUT2D eigenvalue weighted by Gasteiger charge is 2.30. The maximum Gasteiger partial charge on any atom is 0.148 e. The fraction of sp³-hybridized carbons (Fsp3) is 0.636. The third-order valence-electron chi connectivity index (χ3n) is 3.03. The van der Waals surface area contributed by atoms with Crippen LogP contribution in [0.1, 0.15) is 24.7 Å². The third-order valence-corrected chi connectivity index (χ3v) is 3.03. The lowest BCUT2D eigenvalue weighted by Crippen LogP contribution is -2.36. The number of hydrazine groups is 1. The van der Waals surface area contributed by atoms with Crippen LogP contribution in [0, 0.1) is 13.8 Å². The zero-order valence-electron chi connectivity index (χ0n) is 10.5. The van der Waals surface area contributed by atoms with Crippen molar-refractivity contribution in [3.8, 4) is 0 Å². The summed E-state index contributed by atoms with van der Waals surface area (Å²) in [6, 6.07) is 0. The molecule has 17 heavy (non-hydrogen) atoms. The van der Waals surface area contributed by atoms with Gasteiger partial charge in [-0.15, -0.1) is 0 Å². The van der Waals surface area contributed by atoms with E-state index in [0.717, 1.165) is 24.4 Å². The highest BCUT2D eigenvalue weighted by Crippen LogP contribution is 2.26. The molecule has 0 saturated carbocycles. The number of anilines is 2. The fourth-order valence-electron chi connectivity index (χ4n) is 1.94. The minimum atomic E-state index is -0.0581. The molecule has 6 nitrogen and oxygen atoms in total. The van der Waals surface area contributed by atoms with Crippen LogP contribution in [0.15, 0.2) is 0 Å². The normalized spacial score (nSPS) is 23.8. The smallest absolute Gasteiger partial charge is 0.148 e. The summed E-state index contributed by atoms with van der Waals surface area (Å²) in [5.74, 6) is 7.60. The van der Waals surface area contributed by atoms with Gasteiger partial charge in [0.1, 0.15) is 17.5 Å². The molecule has 2 rings (SSSR count). The highest BCUT2D eigenvalue weighted by molar-refractivity contribution is 5.57. The Labute approximate surface area is 101 Å². The molecule has 1 aromatic heterocycles. The molecule has 0 radical (unpaired) electrons. The van der Waals surface area contributed by atoms with Gasteiger partial charge in [-0.2, -0.15) is 0 Å². The van der Waals surface area contributed by atoms with E-state index in [9.17, 15) is 0 Å². The number of ether oxygens (including phenoxy) is 1. The molecule has 0 spiro atoms. The number of nitrogens with two attached hydrogens (primary N) is 1. The van der Waals surface area contributed by atoms with E-state index >= 15 is 0 Å². The van der Waals surface area contributed by atoms with E-state index in [4.69, 9.17) is 10.6 Å². The molecular formula is C11H19N5O. The van der Waals surface area contributed by atoms with Gasteiger partial charge >= 0.3 is 0 Å². The first-order valence-electron chi connectivity index (χ1n) is 5.72. The standard InChI is InChI=1S/C11H19N5O/c1-7-9(13-8(2)14-10(7)16-12)15-11(3)4-5-17-6-11/h4-6,12H2,1-3H3,(H2,13,14,15,16). The van der Waals surface area contributed by atoms with E-state index in [2.05, 4.69) is 27.6 Å². The molecule has 1 unspecified atom stereocenters. The molecule has 1 atom stereocenters. The topological polar surface area (TPSA) is 85.1 Å². The second-order valence-electron chi connectivity index (χ2n) is 4.73. The van der Waals surface area contributed by atoms with Crippen molar-refractivity contribution >= 4 is 11.6 Å². The van der Waals surface area contributed by atoms with Crippen LogP contribution in [0.3, 0.4) is 0 Å². The number of nitrogens with one attached hydrogen (secondary N) is 2. The van der Waals surface area contributed by atoms with Crippen molar-refractivity contribution in [1.29, 1.82) is 0 Å². The Morgan fingerprint density at radius 1 is 1.29 bits per heavy atom. The molecule has 2 heterocycles. The van der Waals surface area contributed by atoms with Crippen LogP contribution in [0.25, 0.3) is 0 Å². The van der Waals surface area contributed by atoms with Crippen molar-refractivity contribution in [2.75, 3.05) is 24.0 Å². The van der Waals surface area contributed by atoms with Crippen molar-refractivity contribution < 1.29 is 4.74 Å².